The molecule has 1 aliphatic rings. The van der Waals surface area contributed by atoms with Crippen LogP contribution in [0.25, 0.3) is 0 Å². The van der Waals surface area contributed by atoms with Gasteiger partial charge in [-0.05, 0) is 31.0 Å². The van der Waals surface area contributed by atoms with Gasteiger partial charge in [0.1, 0.15) is 11.9 Å². The van der Waals surface area contributed by atoms with Crippen molar-refractivity contribution in [3.05, 3.63) is 41.3 Å². The molecule has 0 aliphatic carbocycles. The first kappa shape index (κ1) is 16.4. The van der Waals surface area contributed by atoms with E-state index in [0.717, 1.165) is 17.0 Å². The highest BCUT2D eigenvalue weighted by Gasteiger charge is 2.26. The zero-order chi connectivity index (χ0) is 17.1. The van der Waals surface area contributed by atoms with E-state index in [0.29, 0.717) is 38.4 Å². The second kappa shape index (κ2) is 7.00. The summed E-state index contributed by atoms with van der Waals surface area (Å²) in [4.78, 5) is 18.7. The monoisotopic (exact) mass is 329 g/mol. The average Bonchev–Trinajstić information content (AvgIpc) is 2.91. The third kappa shape index (κ3) is 3.56. The molecule has 1 amide bonds. The second-order valence-electron chi connectivity index (χ2n) is 6.07. The number of amides is 1. The first-order chi connectivity index (χ1) is 11.5. The van der Waals surface area contributed by atoms with Gasteiger partial charge in [-0.25, -0.2) is 4.98 Å². The van der Waals surface area contributed by atoms with Crippen molar-refractivity contribution in [1.29, 1.82) is 0 Å². The smallest absolute Gasteiger partial charge is 0.223 e. The molecular weight excluding hydrogens is 306 g/mol. The van der Waals surface area contributed by atoms with E-state index in [1.807, 2.05) is 41.9 Å². The molecule has 0 saturated carbocycles. The Balaban J connectivity index is 1.60. The molecule has 7 heteroatoms. The van der Waals surface area contributed by atoms with Gasteiger partial charge in [0.2, 0.25) is 5.91 Å². The minimum atomic E-state index is -0.216. The predicted octanol–water partition coefficient (Wildman–Crippen LogP) is 1.24. The highest BCUT2D eigenvalue weighted by Crippen LogP contribution is 2.22. The number of hydrogen-bond acceptors (Lipinski definition) is 5. The Kier molecular flexibility index (Phi) is 4.80. The highest BCUT2D eigenvalue weighted by molar-refractivity contribution is 5.76. The standard InChI is InChI=1S/C17H23N5O2/c1-12-13(10-19-21(12)2)6-7-17(23)22-8-9-24-15(11-22)14-4-3-5-16(18)20-14/h3-5,10,15H,6-9,11H2,1-2H3,(H2,18,20)/t15-/m0/s1. The van der Waals surface area contributed by atoms with E-state index >= 15 is 0 Å². The number of aryl methyl sites for hydroxylation is 2. The minimum Gasteiger partial charge on any atom is -0.384 e. The van der Waals surface area contributed by atoms with Crippen molar-refractivity contribution >= 4 is 11.7 Å². The Morgan fingerprint density at radius 3 is 3.00 bits per heavy atom. The van der Waals surface area contributed by atoms with Crippen molar-refractivity contribution in [3.63, 3.8) is 0 Å². The Hall–Kier alpha value is -2.41. The van der Waals surface area contributed by atoms with E-state index in [1.54, 1.807) is 6.07 Å². The quantitative estimate of drug-likeness (QED) is 0.912. The maximum atomic E-state index is 12.5. The summed E-state index contributed by atoms with van der Waals surface area (Å²) in [5, 5.41) is 4.22. The van der Waals surface area contributed by atoms with Crippen LogP contribution in [0.5, 0.6) is 0 Å². The molecule has 2 aromatic rings. The molecule has 1 fully saturated rings. The number of carbonyl (C=O) groups excluding carboxylic acids is 1. The van der Waals surface area contributed by atoms with Gasteiger partial charge in [0.15, 0.2) is 0 Å². The van der Waals surface area contributed by atoms with Crippen molar-refractivity contribution in [3.8, 4) is 0 Å². The van der Waals surface area contributed by atoms with E-state index in [-0.39, 0.29) is 12.0 Å². The Bertz CT molecular complexity index is 728. The minimum absolute atomic E-state index is 0.135. The summed E-state index contributed by atoms with van der Waals surface area (Å²) in [6.45, 7) is 3.66. The number of morpholine rings is 1. The van der Waals surface area contributed by atoms with Gasteiger partial charge in [-0.2, -0.15) is 5.10 Å². The van der Waals surface area contributed by atoms with Crippen molar-refractivity contribution in [2.45, 2.75) is 25.9 Å². The van der Waals surface area contributed by atoms with Crippen LogP contribution in [0.3, 0.4) is 0 Å². The largest absolute Gasteiger partial charge is 0.384 e. The van der Waals surface area contributed by atoms with E-state index in [2.05, 4.69) is 10.1 Å². The van der Waals surface area contributed by atoms with Crippen LogP contribution >= 0.6 is 0 Å². The van der Waals surface area contributed by atoms with Gasteiger partial charge in [-0.15, -0.1) is 0 Å². The molecule has 1 saturated heterocycles. The number of hydrogen-bond donors (Lipinski definition) is 1. The summed E-state index contributed by atoms with van der Waals surface area (Å²) in [6.07, 6.45) is 2.80. The van der Waals surface area contributed by atoms with Gasteiger partial charge in [0, 0.05) is 25.7 Å². The van der Waals surface area contributed by atoms with Crippen molar-refractivity contribution in [2.75, 3.05) is 25.4 Å². The molecule has 0 spiro atoms. The normalized spacial score (nSPS) is 17.9. The number of carbonyl (C=O) groups is 1. The number of rotatable bonds is 4. The summed E-state index contributed by atoms with van der Waals surface area (Å²) >= 11 is 0. The predicted molar refractivity (Wildman–Crippen MR) is 90.2 cm³/mol. The zero-order valence-corrected chi connectivity index (χ0v) is 14.1. The summed E-state index contributed by atoms with van der Waals surface area (Å²) < 4.78 is 7.59. The van der Waals surface area contributed by atoms with Crippen LogP contribution in [0.1, 0.15) is 29.5 Å². The van der Waals surface area contributed by atoms with Crippen LogP contribution in [-0.2, 0) is 23.0 Å². The summed E-state index contributed by atoms with van der Waals surface area (Å²) in [7, 11) is 1.91. The van der Waals surface area contributed by atoms with Crippen LogP contribution < -0.4 is 5.73 Å². The van der Waals surface area contributed by atoms with Crippen LogP contribution in [0.2, 0.25) is 0 Å². The number of nitrogens with zero attached hydrogens (tertiary/aromatic N) is 4. The van der Waals surface area contributed by atoms with Gasteiger partial charge in [0.05, 0.1) is 25.0 Å². The fourth-order valence-corrected chi connectivity index (χ4v) is 2.89. The first-order valence-corrected chi connectivity index (χ1v) is 8.14. The highest BCUT2D eigenvalue weighted by atomic mass is 16.5. The Morgan fingerprint density at radius 1 is 1.46 bits per heavy atom. The van der Waals surface area contributed by atoms with Gasteiger partial charge >= 0.3 is 0 Å². The molecule has 3 rings (SSSR count). The lowest BCUT2D eigenvalue weighted by molar-refractivity contribution is -0.139. The summed E-state index contributed by atoms with van der Waals surface area (Å²) in [5.74, 6) is 0.599. The van der Waals surface area contributed by atoms with Gasteiger partial charge < -0.3 is 15.4 Å². The maximum Gasteiger partial charge on any atom is 0.223 e. The molecule has 128 valence electrons. The summed E-state index contributed by atoms with van der Waals surface area (Å²) in [6, 6.07) is 5.48. The average molecular weight is 329 g/mol. The molecule has 2 N–H and O–H groups in total. The molecule has 1 atom stereocenters. The van der Waals surface area contributed by atoms with E-state index in [9.17, 15) is 4.79 Å². The maximum absolute atomic E-state index is 12.5. The van der Waals surface area contributed by atoms with Crippen LogP contribution in [0.15, 0.2) is 24.4 Å². The molecule has 0 aromatic carbocycles. The molecular formula is C17H23N5O2. The van der Waals surface area contributed by atoms with Crippen LogP contribution in [0, 0.1) is 6.92 Å². The number of pyridine rings is 1. The molecule has 7 nitrogen and oxygen atoms in total. The molecule has 3 heterocycles. The first-order valence-electron chi connectivity index (χ1n) is 8.14. The Labute approximate surface area is 141 Å². The van der Waals surface area contributed by atoms with Crippen molar-refractivity contribution in [2.24, 2.45) is 7.05 Å². The molecule has 2 aromatic heterocycles. The van der Waals surface area contributed by atoms with Gasteiger partial charge in [-0.3, -0.25) is 9.48 Å². The van der Waals surface area contributed by atoms with Crippen molar-refractivity contribution < 1.29 is 9.53 Å². The molecule has 1 aliphatic heterocycles. The van der Waals surface area contributed by atoms with Crippen LogP contribution in [-0.4, -0.2) is 45.3 Å². The molecule has 0 unspecified atom stereocenters. The number of nitrogens with two attached hydrogens (primary N) is 1. The number of aromatic nitrogens is 3. The van der Waals surface area contributed by atoms with E-state index in [1.165, 1.54) is 0 Å². The second-order valence-corrected chi connectivity index (χ2v) is 6.07. The lowest BCUT2D eigenvalue weighted by atomic mass is 10.1. The SMILES string of the molecule is Cc1c(CCC(=O)N2CCO[C@H](c3cccc(N)n3)C2)cnn1C. The number of ether oxygens (including phenoxy) is 1. The van der Waals surface area contributed by atoms with Gasteiger partial charge in [0.25, 0.3) is 0 Å². The van der Waals surface area contributed by atoms with Gasteiger partial charge in [-0.1, -0.05) is 6.07 Å². The molecule has 0 bridgehead atoms. The molecule has 24 heavy (non-hydrogen) atoms. The lowest BCUT2D eigenvalue weighted by Crippen LogP contribution is -2.42. The molecule has 0 radical (unpaired) electrons. The lowest BCUT2D eigenvalue weighted by Gasteiger charge is -2.32. The fraction of sp³-hybridized carbons (Fsp3) is 0.471. The number of nitrogen functional groups attached to an aromatic ring is 1. The van der Waals surface area contributed by atoms with E-state index in [4.69, 9.17) is 10.5 Å². The summed E-state index contributed by atoms with van der Waals surface area (Å²) in [5.41, 5.74) is 8.73. The Morgan fingerprint density at radius 2 is 2.29 bits per heavy atom. The number of anilines is 1. The zero-order valence-electron chi connectivity index (χ0n) is 14.1. The topological polar surface area (TPSA) is 86.3 Å². The third-order valence-corrected chi connectivity index (χ3v) is 4.49. The fourth-order valence-electron chi connectivity index (χ4n) is 2.89. The third-order valence-electron chi connectivity index (χ3n) is 4.49. The van der Waals surface area contributed by atoms with E-state index < -0.39 is 0 Å². The van der Waals surface area contributed by atoms with Crippen LogP contribution in [0.4, 0.5) is 5.82 Å². The van der Waals surface area contributed by atoms with Crippen molar-refractivity contribution in [1.82, 2.24) is 19.7 Å².